The van der Waals surface area contributed by atoms with E-state index in [2.05, 4.69) is 0 Å². The molecule has 0 heterocycles. The van der Waals surface area contributed by atoms with Gasteiger partial charge in [-0.1, -0.05) is 78.4 Å². The third-order valence-corrected chi connectivity index (χ3v) is 3.93. The molecule has 0 nitrogen and oxygen atoms in total. The average molecular weight is 302 g/mol. The second-order valence-corrected chi connectivity index (χ2v) is 5.68. The SMILES string of the molecule is CC=Cc1ccc(-c2ccc(-c3ccc(C)cc3)cc2F)cc1. The topological polar surface area (TPSA) is 0 Å². The van der Waals surface area contributed by atoms with Gasteiger partial charge in [0.05, 0.1) is 0 Å². The summed E-state index contributed by atoms with van der Waals surface area (Å²) in [6, 6.07) is 21.5. The van der Waals surface area contributed by atoms with Crippen molar-refractivity contribution in [2.75, 3.05) is 0 Å². The van der Waals surface area contributed by atoms with Crippen LogP contribution in [0.2, 0.25) is 0 Å². The molecule has 0 aliphatic carbocycles. The molecule has 0 aromatic heterocycles. The van der Waals surface area contributed by atoms with Gasteiger partial charge < -0.3 is 0 Å². The second kappa shape index (κ2) is 6.62. The minimum absolute atomic E-state index is 0.193. The summed E-state index contributed by atoms with van der Waals surface area (Å²) < 4.78 is 14.5. The van der Waals surface area contributed by atoms with Crippen LogP contribution < -0.4 is 0 Å². The van der Waals surface area contributed by atoms with Crippen LogP contribution in [0.25, 0.3) is 28.3 Å². The van der Waals surface area contributed by atoms with Crippen LogP contribution in [0.15, 0.2) is 72.8 Å². The van der Waals surface area contributed by atoms with Crippen molar-refractivity contribution in [1.29, 1.82) is 0 Å². The van der Waals surface area contributed by atoms with Gasteiger partial charge in [-0.3, -0.25) is 0 Å². The fourth-order valence-electron chi connectivity index (χ4n) is 2.64. The molecule has 0 amide bonds. The zero-order chi connectivity index (χ0) is 16.2. The lowest BCUT2D eigenvalue weighted by Crippen LogP contribution is -1.87. The Kier molecular flexibility index (Phi) is 4.38. The number of rotatable bonds is 3. The first-order valence-corrected chi connectivity index (χ1v) is 7.77. The fourth-order valence-corrected chi connectivity index (χ4v) is 2.64. The largest absolute Gasteiger partial charge is 0.206 e. The predicted octanol–water partition coefficient (Wildman–Crippen LogP) is 6.50. The van der Waals surface area contributed by atoms with Crippen LogP contribution in [0, 0.1) is 12.7 Å². The van der Waals surface area contributed by atoms with Crippen LogP contribution in [0.4, 0.5) is 4.39 Å². The molecule has 1 heteroatoms. The van der Waals surface area contributed by atoms with Crippen LogP contribution in [0.3, 0.4) is 0 Å². The predicted molar refractivity (Wildman–Crippen MR) is 96.7 cm³/mol. The second-order valence-electron chi connectivity index (χ2n) is 5.68. The average Bonchev–Trinajstić information content (AvgIpc) is 2.57. The molecule has 114 valence electrons. The summed E-state index contributed by atoms with van der Waals surface area (Å²) in [5.74, 6) is -0.193. The van der Waals surface area contributed by atoms with E-state index in [1.807, 2.05) is 86.7 Å². The van der Waals surface area contributed by atoms with E-state index in [4.69, 9.17) is 0 Å². The highest BCUT2D eigenvalue weighted by molar-refractivity contribution is 5.72. The summed E-state index contributed by atoms with van der Waals surface area (Å²) in [5, 5.41) is 0. The molecule has 0 aliphatic rings. The number of halogens is 1. The Balaban J connectivity index is 1.94. The lowest BCUT2D eigenvalue weighted by molar-refractivity contribution is 0.632. The molecule has 3 aromatic rings. The Hall–Kier alpha value is -2.67. The van der Waals surface area contributed by atoms with Crippen molar-refractivity contribution >= 4 is 6.08 Å². The van der Waals surface area contributed by atoms with Gasteiger partial charge in [0.15, 0.2) is 0 Å². The molecule has 0 saturated carbocycles. The highest BCUT2D eigenvalue weighted by Crippen LogP contribution is 2.28. The maximum Gasteiger partial charge on any atom is 0.131 e. The molecule has 0 N–H and O–H groups in total. The van der Waals surface area contributed by atoms with Crippen LogP contribution in [0.5, 0.6) is 0 Å². The molecule has 0 radical (unpaired) electrons. The van der Waals surface area contributed by atoms with Crippen LogP contribution in [0.1, 0.15) is 18.1 Å². The molecule has 23 heavy (non-hydrogen) atoms. The number of allylic oxidation sites excluding steroid dienone is 1. The zero-order valence-electron chi connectivity index (χ0n) is 13.4. The first-order valence-electron chi connectivity index (χ1n) is 7.77. The molecule has 0 spiro atoms. The van der Waals surface area contributed by atoms with Gasteiger partial charge in [0.2, 0.25) is 0 Å². The summed E-state index contributed by atoms with van der Waals surface area (Å²) in [6.07, 6.45) is 4.02. The van der Waals surface area contributed by atoms with E-state index < -0.39 is 0 Å². The molecule has 0 fully saturated rings. The normalized spacial score (nSPS) is 11.1. The molecule has 3 aromatic carbocycles. The molecule has 0 bridgehead atoms. The monoisotopic (exact) mass is 302 g/mol. The first-order chi connectivity index (χ1) is 11.2. The summed E-state index contributed by atoms with van der Waals surface area (Å²) in [7, 11) is 0. The first kappa shape index (κ1) is 15.2. The molecule has 0 unspecified atom stereocenters. The summed E-state index contributed by atoms with van der Waals surface area (Å²) >= 11 is 0. The number of benzene rings is 3. The number of hydrogen-bond acceptors (Lipinski definition) is 0. The van der Waals surface area contributed by atoms with E-state index in [9.17, 15) is 4.39 Å². The van der Waals surface area contributed by atoms with Gasteiger partial charge >= 0.3 is 0 Å². The Morgan fingerprint density at radius 1 is 0.739 bits per heavy atom. The van der Waals surface area contributed by atoms with Crippen molar-refractivity contribution in [2.24, 2.45) is 0 Å². The minimum atomic E-state index is -0.193. The van der Waals surface area contributed by atoms with E-state index in [0.717, 1.165) is 22.3 Å². The van der Waals surface area contributed by atoms with Gasteiger partial charge in [0.1, 0.15) is 5.82 Å². The van der Waals surface area contributed by atoms with Crippen molar-refractivity contribution in [2.45, 2.75) is 13.8 Å². The third-order valence-electron chi connectivity index (χ3n) is 3.93. The van der Waals surface area contributed by atoms with Gasteiger partial charge in [-0.05, 0) is 42.2 Å². The smallest absolute Gasteiger partial charge is 0.131 e. The summed E-state index contributed by atoms with van der Waals surface area (Å²) in [6.45, 7) is 4.03. The minimum Gasteiger partial charge on any atom is -0.206 e. The highest BCUT2D eigenvalue weighted by Gasteiger charge is 2.07. The van der Waals surface area contributed by atoms with Crippen LogP contribution in [-0.4, -0.2) is 0 Å². The van der Waals surface area contributed by atoms with E-state index in [1.54, 1.807) is 6.07 Å². The summed E-state index contributed by atoms with van der Waals surface area (Å²) in [5.41, 5.74) is 5.78. The lowest BCUT2D eigenvalue weighted by atomic mass is 9.98. The van der Waals surface area contributed by atoms with Crippen molar-refractivity contribution in [3.05, 3.63) is 89.8 Å². The fraction of sp³-hybridized carbons (Fsp3) is 0.0909. The third kappa shape index (κ3) is 3.40. The van der Waals surface area contributed by atoms with Crippen molar-refractivity contribution < 1.29 is 4.39 Å². The van der Waals surface area contributed by atoms with E-state index in [-0.39, 0.29) is 5.82 Å². The quantitative estimate of drug-likeness (QED) is 0.518. The number of aryl methyl sites for hydroxylation is 1. The molecular formula is C22H19F. The Labute approximate surface area is 136 Å². The van der Waals surface area contributed by atoms with Gasteiger partial charge in [0, 0.05) is 5.56 Å². The molecular weight excluding hydrogens is 283 g/mol. The van der Waals surface area contributed by atoms with Crippen LogP contribution >= 0.6 is 0 Å². The van der Waals surface area contributed by atoms with E-state index in [0.29, 0.717) is 5.56 Å². The van der Waals surface area contributed by atoms with Gasteiger partial charge in [-0.15, -0.1) is 0 Å². The van der Waals surface area contributed by atoms with Crippen molar-refractivity contribution in [3.8, 4) is 22.3 Å². The van der Waals surface area contributed by atoms with Crippen LogP contribution in [-0.2, 0) is 0 Å². The lowest BCUT2D eigenvalue weighted by Gasteiger charge is -2.08. The van der Waals surface area contributed by atoms with Gasteiger partial charge in [-0.2, -0.15) is 0 Å². The Morgan fingerprint density at radius 2 is 1.35 bits per heavy atom. The molecule has 0 aliphatic heterocycles. The molecule has 0 saturated heterocycles. The summed E-state index contributed by atoms with van der Waals surface area (Å²) in [4.78, 5) is 0. The highest BCUT2D eigenvalue weighted by atomic mass is 19.1. The Bertz CT molecular complexity index is 825. The maximum absolute atomic E-state index is 14.5. The Morgan fingerprint density at radius 3 is 1.96 bits per heavy atom. The van der Waals surface area contributed by atoms with E-state index >= 15 is 0 Å². The maximum atomic E-state index is 14.5. The van der Waals surface area contributed by atoms with Gasteiger partial charge in [0.25, 0.3) is 0 Å². The van der Waals surface area contributed by atoms with Gasteiger partial charge in [-0.25, -0.2) is 4.39 Å². The standard InChI is InChI=1S/C22H19F/c1-3-4-17-7-11-19(12-8-17)21-14-13-20(15-22(21)23)18-9-5-16(2)6-10-18/h3-15H,1-2H3. The van der Waals surface area contributed by atoms with Crippen molar-refractivity contribution in [3.63, 3.8) is 0 Å². The van der Waals surface area contributed by atoms with E-state index in [1.165, 1.54) is 5.56 Å². The molecule has 3 rings (SSSR count). The molecule has 0 atom stereocenters. The zero-order valence-corrected chi connectivity index (χ0v) is 13.4. The number of hydrogen-bond donors (Lipinski definition) is 0. The van der Waals surface area contributed by atoms with Crippen molar-refractivity contribution in [1.82, 2.24) is 0 Å².